The molecule has 1 aromatic heterocycles. The number of aromatic nitrogens is 1. The number of carbonyl (C=O) groups is 1. The lowest BCUT2D eigenvalue weighted by atomic mass is 10.1. The lowest BCUT2D eigenvalue weighted by Gasteiger charge is -2.01. The van der Waals surface area contributed by atoms with Gasteiger partial charge in [-0.1, -0.05) is 12.1 Å². The second-order valence-electron chi connectivity index (χ2n) is 4.32. The molecule has 0 bridgehead atoms. The van der Waals surface area contributed by atoms with Crippen molar-refractivity contribution in [3.63, 3.8) is 0 Å². The molecule has 0 saturated carbocycles. The van der Waals surface area contributed by atoms with Crippen molar-refractivity contribution in [1.29, 1.82) is 0 Å². The second-order valence-corrected chi connectivity index (χ2v) is 5.18. The standard InChI is InChI=1S/C14H15NOS/c1-9-4-5-12(6-10(9)2)14-15-13(8-17-14)7-11(3)16/h4-6,8H,7H2,1-3H3. The molecule has 0 amide bonds. The zero-order chi connectivity index (χ0) is 12.4. The van der Waals surface area contributed by atoms with E-state index in [0.29, 0.717) is 6.42 Å². The molecule has 1 aromatic carbocycles. The number of ketones is 1. The highest BCUT2D eigenvalue weighted by molar-refractivity contribution is 7.13. The zero-order valence-electron chi connectivity index (χ0n) is 10.3. The van der Waals surface area contributed by atoms with Crippen LogP contribution in [0.15, 0.2) is 23.6 Å². The van der Waals surface area contributed by atoms with Crippen molar-refractivity contribution >= 4 is 17.1 Å². The zero-order valence-corrected chi connectivity index (χ0v) is 11.1. The number of Topliss-reactive ketones (excluding diaryl/α,β-unsaturated/α-hetero) is 1. The molecule has 0 atom stereocenters. The largest absolute Gasteiger partial charge is 0.300 e. The molecule has 0 aliphatic rings. The molecule has 0 spiro atoms. The van der Waals surface area contributed by atoms with Crippen LogP contribution < -0.4 is 0 Å². The number of benzene rings is 1. The van der Waals surface area contributed by atoms with E-state index < -0.39 is 0 Å². The van der Waals surface area contributed by atoms with Gasteiger partial charge in [-0.05, 0) is 38.0 Å². The average Bonchev–Trinajstić information content (AvgIpc) is 2.69. The summed E-state index contributed by atoms with van der Waals surface area (Å²) in [7, 11) is 0. The summed E-state index contributed by atoms with van der Waals surface area (Å²) in [6.45, 7) is 5.79. The minimum absolute atomic E-state index is 0.155. The number of rotatable bonds is 3. The van der Waals surface area contributed by atoms with Gasteiger partial charge in [0, 0.05) is 17.4 Å². The van der Waals surface area contributed by atoms with E-state index in [-0.39, 0.29) is 5.78 Å². The minimum atomic E-state index is 0.155. The van der Waals surface area contributed by atoms with Gasteiger partial charge in [0.15, 0.2) is 0 Å². The Labute approximate surface area is 105 Å². The summed E-state index contributed by atoms with van der Waals surface area (Å²) in [5, 5.41) is 2.95. The van der Waals surface area contributed by atoms with Gasteiger partial charge in [0.05, 0.1) is 5.69 Å². The summed E-state index contributed by atoms with van der Waals surface area (Å²) in [5.41, 5.74) is 4.56. The van der Waals surface area contributed by atoms with Crippen molar-refractivity contribution < 1.29 is 4.79 Å². The van der Waals surface area contributed by atoms with E-state index in [9.17, 15) is 4.79 Å². The van der Waals surface area contributed by atoms with Gasteiger partial charge in [-0.25, -0.2) is 4.98 Å². The molecule has 0 radical (unpaired) electrons. The molecule has 0 fully saturated rings. The normalized spacial score (nSPS) is 10.5. The molecule has 0 aliphatic carbocycles. The third kappa shape index (κ3) is 2.80. The highest BCUT2D eigenvalue weighted by Gasteiger charge is 2.07. The predicted octanol–water partition coefficient (Wildman–Crippen LogP) is 3.56. The Morgan fingerprint density at radius 3 is 2.71 bits per heavy atom. The second kappa shape index (κ2) is 4.80. The van der Waals surface area contributed by atoms with Gasteiger partial charge >= 0.3 is 0 Å². The maximum atomic E-state index is 11.0. The van der Waals surface area contributed by atoms with Crippen LogP contribution in [0.2, 0.25) is 0 Å². The Hall–Kier alpha value is -1.48. The smallest absolute Gasteiger partial charge is 0.135 e. The first-order chi connectivity index (χ1) is 8.06. The van der Waals surface area contributed by atoms with Crippen LogP contribution in [0.5, 0.6) is 0 Å². The molecule has 88 valence electrons. The fourth-order valence-corrected chi connectivity index (χ4v) is 2.47. The molecular formula is C14H15NOS. The summed E-state index contributed by atoms with van der Waals surface area (Å²) >= 11 is 1.60. The van der Waals surface area contributed by atoms with E-state index in [1.807, 2.05) is 5.38 Å². The average molecular weight is 245 g/mol. The van der Waals surface area contributed by atoms with E-state index in [1.54, 1.807) is 18.3 Å². The first-order valence-corrected chi connectivity index (χ1v) is 6.45. The molecule has 2 nitrogen and oxygen atoms in total. The van der Waals surface area contributed by atoms with Crippen LogP contribution >= 0.6 is 11.3 Å². The van der Waals surface area contributed by atoms with Gasteiger partial charge in [0.2, 0.25) is 0 Å². The maximum absolute atomic E-state index is 11.0. The van der Waals surface area contributed by atoms with E-state index in [1.165, 1.54) is 11.1 Å². The van der Waals surface area contributed by atoms with Gasteiger partial charge in [-0.2, -0.15) is 0 Å². The monoisotopic (exact) mass is 245 g/mol. The molecule has 2 rings (SSSR count). The van der Waals surface area contributed by atoms with Crippen LogP contribution in [-0.4, -0.2) is 10.8 Å². The van der Waals surface area contributed by atoms with Crippen molar-refractivity contribution in [3.05, 3.63) is 40.4 Å². The predicted molar refractivity (Wildman–Crippen MR) is 71.4 cm³/mol. The quantitative estimate of drug-likeness (QED) is 0.827. The lowest BCUT2D eigenvalue weighted by molar-refractivity contribution is -0.116. The summed E-state index contributed by atoms with van der Waals surface area (Å²) in [6, 6.07) is 6.33. The van der Waals surface area contributed by atoms with Crippen LogP contribution in [-0.2, 0) is 11.2 Å². The van der Waals surface area contributed by atoms with Crippen molar-refractivity contribution in [2.75, 3.05) is 0 Å². The van der Waals surface area contributed by atoms with Crippen LogP contribution in [0.25, 0.3) is 10.6 Å². The van der Waals surface area contributed by atoms with Crippen molar-refractivity contribution in [1.82, 2.24) is 4.98 Å². The summed E-state index contributed by atoms with van der Waals surface area (Å²) in [5.74, 6) is 0.155. The number of thiazole rings is 1. The van der Waals surface area contributed by atoms with Crippen LogP contribution in [0.4, 0.5) is 0 Å². The van der Waals surface area contributed by atoms with E-state index >= 15 is 0 Å². The Morgan fingerprint density at radius 1 is 1.29 bits per heavy atom. The first-order valence-electron chi connectivity index (χ1n) is 5.57. The Kier molecular flexibility index (Phi) is 3.38. The number of carbonyl (C=O) groups excluding carboxylic acids is 1. The molecule has 0 N–H and O–H groups in total. The van der Waals surface area contributed by atoms with Gasteiger partial charge in [0.1, 0.15) is 10.8 Å². The van der Waals surface area contributed by atoms with Crippen molar-refractivity contribution in [3.8, 4) is 10.6 Å². The molecule has 1 heterocycles. The molecule has 0 aliphatic heterocycles. The Balaban J connectivity index is 2.30. The van der Waals surface area contributed by atoms with Crippen molar-refractivity contribution in [2.45, 2.75) is 27.2 Å². The summed E-state index contributed by atoms with van der Waals surface area (Å²) < 4.78 is 0. The van der Waals surface area contributed by atoms with E-state index in [2.05, 4.69) is 37.0 Å². The first kappa shape index (κ1) is 12.0. The molecule has 0 unspecified atom stereocenters. The van der Waals surface area contributed by atoms with Crippen LogP contribution in [0.3, 0.4) is 0 Å². The fraction of sp³-hybridized carbons (Fsp3) is 0.286. The van der Waals surface area contributed by atoms with E-state index in [0.717, 1.165) is 16.3 Å². The minimum Gasteiger partial charge on any atom is -0.300 e. The maximum Gasteiger partial charge on any atom is 0.135 e. The van der Waals surface area contributed by atoms with Crippen molar-refractivity contribution in [2.24, 2.45) is 0 Å². The topological polar surface area (TPSA) is 30.0 Å². The third-order valence-electron chi connectivity index (χ3n) is 2.74. The lowest BCUT2D eigenvalue weighted by Crippen LogP contribution is -1.96. The number of hydrogen-bond acceptors (Lipinski definition) is 3. The molecule has 2 aromatic rings. The number of hydrogen-bond donors (Lipinski definition) is 0. The Morgan fingerprint density at radius 2 is 2.06 bits per heavy atom. The fourth-order valence-electron chi connectivity index (χ4n) is 1.65. The Bertz CT molecular complexity index is 557. The summed E-state index contributed by atoms with van der Waals surface area (Å²) in [4.78, 5) is 15.5. The van der Waals surface area contributed by atoms with E-state index in [4.69, 9.17) is 0 Å². The summed E-state index contributed by atoms with van der Waals surface area (Å²) in [6.07, 6.45) is 0.432. The molecule has 3 heteroatoms. The van der Waals surface area contributed by atoms with Gasteiger partial charge in [-0.15, -0.1) is 11.3 Å². The van der Waals surface area contributed by atoms with Crippen LogP contribution in [0, 0.1) is 13.8 Å². The molecule has 17 heavy (non-hydrogen) atoms. The highest BCUT2D eigenvalue weighted by Crippen LogP contribution is 2.25. The molecule has 0 saturated heterocycles. The molecular weight excluding hydrogens is 230 g/mol. The van der Waals surface area contributed by atoms with Gasteiger partial charge < -0.3 is 0 Å². The number of aryl methyl sites for hydroxylation is 2. The SMILES string of the molecule is CC(=O)Cc1csc(-c2ccc(C)c(C)c2)n1. The van der Waals surface area contributed by atoms with Gasteiger partial charge in [0.25, 0.3) is 0 Å². The van der Waals surface area contributed by atoms with Gasteiger partial charge in [-0.3, -0.25) is 4.79 Å². The number of nitrogens with zero attached hydrogens (tertiary/aromatic N) is 1. The van der Waals surface area contributed by atoms with Crippen LogP contribution in [0.1, 0.15) is 23.7 Å². The third-order valence-corrected chi connectivity index (χ3v) is 3.68. The highest BCUT2D eigenvalue weighted by atomic mass is 32.1.